The minimum absolute atomic E-state index is 0.0737. The van der Waals surface area contributed by atoms with E-state index < -0.39 is 0 Å². The fourth-order valence-corrected chi connectivity index (χ4v) is 2.33. The zero-order valence-electron chi connectivity index (χ0n) is 11.8. The summed E-state index contributed by atoms with van der Waals surface area (Å²) in [5.74, 6) is 0.808. The minimum Gasteiger partial charge on any atom is -0.397 e. The van der Waals surface area contributed by atoms with Crippen molar-refractivity contribution in [3.05, 3.63) is 17.7 Å². The lowest BCUT2D eigenvalue weighted by molar-refractivity contribution is -0.116. The standard InChI is InChI=1S/C15H23N3O/c1-10(2)4-3-7-17-14-8-11-5-6-15(19)18-13(11)9-12(14)16/h8-10,17H,3-7,16H2,1-2H3,(H,18,19). The van der Waals surface area contributed by atoms with Crippen molar-refractivity contribution in [1.29, 1.82) is 0 Å². The number of nitrogens with two attached hydrogens (primary N) is 1. The Kier molecular flexibility index (Phi) is 4.30. The Morgan fingerprint density at radius 3 is 2.89 bits per heavy atom. The van der Waals surface area contributed by atoms with Gasteiger partial charge in [-0.1, -0.05) is 13.8 Å². The van der Waals surface area contributed by atoms with E-state index in [1.165, 1.54) is 12.0 Å². The van der Waals surface area contributed by atoms with Crippen molar-refractivity contribution in [2.75, 3.05) is 22.9 Å². The van der Waals surface area contributed by atoms with Gasteiger partial charge in [-0.15, -0.1) is 0 Å². The van der Waals surface area contributed by atoms with Gasteiger partial charge in [0.05, 0.1) is 11.4 Å². The molecular weight excluding hydrogens is 238 g/mol. The second-order valence-electron chi connectivity index (χ2n) is 5.61. The van der Waals surface area contributed by atoms with Crippen LogP contribution in [-0.4, -0.2) is 12.5 Å². The summed E-state index contributed by atoms with van der Waals surface area (Å²) in [5, 5.41) is 6.26. The van der Waals surface area contributed by atoms with E-state index in [2.05, 4.69) is 30.5 Å². The van der Waals surface area contributed by atoms with Crippen LogP contribution in [0.2, 0.25) is 0 Å². The first-order chi connectivity index (χ1) is 9.06. The Balaban J connectivity index is 2.00. The summed E-state index contributed by atoms with van der Waals surface area (Å²) in [5.41, 5.74) is 9.73. The maximum absolute atomic E-state index is 11.3. The summed E-state index contributed by atoms with van der Waals surface area (Å²) in [6.07, 6.45) is 3.71. The molecule has 4 heteroatoms. The maximum atomic E-state index is 11.3. The molecule has 1 amide bonds. The summed E-state index contributed by atoms with van der Waals surface area (Å²) >= 11 is 0. The highest BCUT2D eigenvalue weighted by Crippen LogP contribution is 2.30. The maximum Gasteiger partial charge on any atom is 0.224 e. The number of benzene rings is 1. The molecule has 0 saturated heterocycles. The zero-order chi connectivity index (χ0) is 13.8. The number of amides is 1. The van der Waals surface area contributed by atoms with Gasteiger partial charge in [0.15, 0.2) is 0 Å². The predicted molar refractivity (Wildman–Crippen MR) is 80.4 cm³/mol. The molecule has 2 rings (SSSR count). The third kappa shape index (κ3) is 3.63. The lowest BCUT2D eigenvalue weighted by Gasteiger charge is -2.20. The van der Waals surface area contributed by atoms with E-state index in [0.717, 1.165) is 36.7 Å². The van der Waals surface area contributed by atoms with E-state index in [0.29, 0.717) is 12.1 Å². The Hall–Kier alpha value is -1.71. The van der Waals surface area contributed by atoms with Crippen LogP contribution in [0.15, 0.2) is 12.1 Å². The molecule has 1 aromatic carbocycles. The van der Waals surface area contributed by atoms with Gasteiger partial charge in [-0.3, -0.25) is 4.79 Å². The van der Waals surface area contributed by atoms with Gasteiger partial charge >= 0.3 is 0 Å². The fraction of sp³-hybridized carbons (Fsp3) is 0.533. The average molecular weight is 261 g/mol. The smallest absolute Gasteiger partial charge is 0.224 e. The average Bonchev–Trinajstić information content (AvgIpc) is 2.34. The number of hydrogen-bond donors (Lipinski definition) is 3. The lowest BCUT2D eigenvalue weighted by atomic mass is 10.0. The van der Waals surface area contributed by atoms with Crippen LogP contribution in [0, 0.1) is 5.92 Å². The van der Waals surface area contributed by atoms with Crippen LogP contribution in [0.5, 0.6) is 0 Å². The Bertz CT molecular complexity index is 469. The third-order valence-corrected chi connectivity index (χ3v) is 3.44. The number of anilines is 3. The van der Waals surface area contributed by atoms with Gasteiger partial charge in [-0.25, -0.2) is 0 Å². The molecule has 19 heavy (non-hydrogen) atoms. The number of carbonyl (C=O) groups is 1. The number of nitrogen functional groups attached to an aromatic ring is 1. The molecule has 1 aliphatic heterocycles. The van der Waals surface area contributed by atoms with Crippen LogP contribution < -0.4 is 16.4 Å². The number of aryl methyl sites for hydroxylation is 1. The lowest BCUT2D eigenvalue weighted by Crippen LogP contribution is -2.19. The van der Waals surface area contributed by atoms with Gasteiger partial charge < -0.3 is 16.4 Å². The molecule has 4 N–H and O–H groups in total. The first kappa shape index (κ1) is 13.7. The van der Waals surface area contributed by atoms with Crippen molar-refractivity contribution in [3.63, 3.8) is 0 Å². The van der Waals surface area contributed by atoms with Crippen molar-refractivity contribution in [3.8, 4) is 0 Å². The molecule has 4 nitrogen and oxygen atoms in total. The van der Waals surface area contributed by atoms with Crippen molar-refractivity contribution in [2.24, 2.45) is 5.92 Å². The first-order valence-corrected chi connectivity index (χ1v) is 7.02. The van der Waals surface area contributed by atoms with E-state index in [-0.39, 0.29) is 5.91 Å². The first-order valence-electron chi connectivity index (χ1n) is 7.02. The van der Waals surface area contributed by atoms with Gasteiger partial charge in [-0.2, -0.15) is 0 Å². The van der Waals surface area contributed by atoms with Crippen molar-refractivity contribution in [1.82, 2.24) is 0 Å². The second-order valence-corrected chi connectivity index (χ2v) is 5.61. The van der Waals surface area contributed by atoms with Crippen LogP contribution in [0.4, 0.5) is 17.1 Å². The minimum atomic E-state index is 0.0737. The normalized spacial score (nSPS) is 14.2. The van der Waals surface area contributed by atoms with Gasteiger partial charge in [-0.05, 0) is 42.9 Å². The van der Waals surface area contributed by atoms with Crippen LogP contribution in [0.25, 0.3) is 0 Å². The SMILES string of the molecule is CC(C)CCCNc1cc2c(cc1N)NC(=O)CC2. The summed E-state index contributed by atoms with van der Waals surface area (Å²) in [4.78, 5) is 11.3. The van der Waals surface area contributed by atoms with E-state index in [9.17, 15) is 4.79 Å². The number of nitrogens with one attached hydrogen (secondary N) is 2. The predicted octanol–water partition coefficient (Wildman–Crippen LogP) is 3.00. The van der Waals surface area contributed by atoms with E-state index in [1.807, 2.05) is 6.07 Å². The van der Waals surface area contributed by atoms with Crippen LogP contribution in [0.3, 0.4) is 0 Å². The second kappa shape index (κ2) is 5.95. The summed E-state index contributed by atoms with van der Waals surface area (Å²) < 4.78 is 0. The van der Waals surface area contributed by atoms with E-state index >= 15 is 0 Å². The van der Waals surface area contributed by atoms with E-state index in [4.69, 9.17) is 5.73 Å². The highest BCUT2D eigenvalue weighted by molar-refractivity contribution is 5.95. The zero-order valence-corrected chi connectivity index (χ0v) is 11.8. The number of rotatable bonds is 5. The van der Waals surface area contributed by atoms with Crippen LogP contribution in [0.1, 0.15) is 38.7 Å². The largest absolute Gasteiger partial charge is 0.397 e. The molecule has 1 heterocycles. The fourth-order valence-electron chi connectivity index (χ4n) is 2.33. The van der Waals surface area contributed by atoms with Gasteiger partial charge in [0.2, 0.25) is 5.91 Å². The van der Waals surface area contributed by atoms with Crippen LogP contribution in [-0.2, 0) is 11.2 Å². The summed E-state index contributed by atoms with van der Waals surface area (Å²) in [6, 6.07) is 3.93. The molecule has 0 bridgehead atoms. The molecule has 0 saturated carbocycles. The molecular formula is C15H23N3O. The quantitative estimate of drug-likeness (QED) is 0.564. The van der Waals surface area contributed by atoms with E-state index in [1.54, 1.807) is 0 Å². The molecule has 1 aliphatic rings. The molecule has 1 aromatic rings. The molecule has 104 valence electrons. The van der Waals surface area contributed by atoms with Crippen LogP contribution >= 0.6 is 0 Å². The van der Waals surface area contributed by atoms with Crippen molar-refractivity contribution < 1.29 is 4.79 Å². The molecule has 0 atom stereocenters. The molecule has 0 aromatic heterocycles. The number of hydrogen-bond acceptors (Lipinski definition) is 3. The molecule has 0 radical (unpaired) electrons. The molecule has 0 spiro atoms. The van der Waals surface area contributed by atoms with Crippen molar-refractivity contribution >= 4 is 23.0 Å². The molecule has 0 fully saturated rings. The molecule has 0 aliphatic carbocycles. The summed E-state index contributed by atoms with van der Waals surface area (Å²) in [6.45, 7) is 5.40. The topological polar surface area (TPSA) is 67.2 Å². The number of fused-ring (bicyclic) bond motifs is 1. The highest BCUT2D eigenvalue weighted by atomic mass is 16.1. The van der Waals surface area contributed by atoms with Gasteiger partial charge in [0.25, 0.3) is 0 Å². The van der Waals surface area contributed by atoms with Gasteiger partial charge in [0, 0.05) is 18.7 Å². The highest BCUT2D eigenvalue weighted by Gasteiger charge is 2.16. The van der Waals surface area contributed by atoms with Gasteiger partial charge in [0.1, 0.15) is 0 Å². The summed E-state index contributed by atoms with van der Waals surface area (Å²) in [7, 11) is 0. The molecule has 0 unspecified atom stereocenters. The Labute approximate surface area is 114 Å². The van der Waals surface area contributed by atoms with Crippen molar-refractivity contribution in [2.45, 2.75) is 39.5 Å². The monoisotopic (exact) mass is 261 g/mol. The number of carbonyl (C=O) groups excluding carboxylic acids is 1. The Morgan fingerprint density at radius 1 is 1.37 bits per heavy atom. The third-order valence-electron chi connectivity index (χ3n) is 3.44. The Morgan fingerprint density at radius 2 is 2.16 bits per heavy atom.